The van der Waals surface area contributed by atoms with Crippen LogP contribution in [0.2, 0.25) is 0 Å². The van der Waals surface area contributed by atoms with Gasteiger partial charge in [0.15, 0.2) is 0 Å². The van der Waals surface area contributed by atoms with Crippen LogP contribution >= 0.6 is 11.5 Å². The highest BCUT2D eigenvalue weighted by Crippen LogP contribution is 2.49. The van der Waals surface area contributed by atoms with Gasteiger partial charge in [0.25, 0.3) is 0 Å². The molecular formula is C13H21N3S. The van der Waals surface area contributed by atoms with Crippen LogP contribution in [0.4, 0.5) is 5.13 Å². The third kappa shape index (κ3) is 2.97. The van der Waals surface area contributed by atoms with Crippen molar-refractivity contribution in [2.75, 3.05) is 11.9 Å². The molecule has 0 spiro atoms. The molecule has 2 saturated carbocycles. The number of rotatable bonds is 7. The lowest BCUT2D eigenvalue weighted by molar-refractivity contribution is 0.428. The number of hydrogen-bond acceptors (Lipinski definition) is 4. The molecule has 0 unspecified atom stereocenters. The second kappa shape index (κ2) is 4.92. The van der Waals surface area contributed by atoms with Gasteiger partial charge in [-0.25, -0.2) is 4.98 Å². The topological polar surface area (TPSA) is 37.8 Å². The molecule has 4 heteroatoms. The highest BCUT2D eigenvalue weighted by Gasteiger charge is 2.41. The van der Waals surface area contributed by atoms with Gasteiger partial charge in [-0.15, -0.1) is 0 Å². The van der Waals surface area contributed by atoms with Gasteiger partial charge < -0.3 is 5.32 Å². The molecule has 1 heterocycles. The van der Waals surface area contributed by atoms with E-state index >= 15 is 0 Å². The molecule has 1 N–H and O–H groups in total. The van der Waals surface area contributed by atoms with Gasteiger partial charge >= 0.3 is 0 Å². The molecule has 0 atom stereocenters. The molecule has 0 saturated heterocycles. The summed E-state index contributed by atoms with van der Waals surface area (Å²) in [5.41, 5.74) is 0. The van der Waals surface area contributed by atoms with Crippen LogP contribution in [0.25, 0.3) is 0 Å². The van der Waals surface area contributed by atoms with Crippen molar-refractivity contribution in [1.82, 2.24) is 9.36 Å². The Hall–Kier alpha value is -0.640. The van der Waals surface area contributed by atoms with Crippen molar-refractivity contribution in [3.8, 4) is 0 Å². The zero-order chi connectivity index (χ0) is 11.7. The smallest absolute Gasteiger partial charge is 0.202 e. The van der Waals surface area contributed by atoms with Crippen LogP contribution in [0.15, 0.2) is 0 Å². The molecule has 1 aromatic rings. The van der Waals surface area contributed by atoms with Crippen molar-refractivity contribution in [2.45, 2.75) is 45.4 Å². The predicted molar refractivity (Wildman–Crippen MR) is 71.3 cm³/mol. The third-order valence-corrected chi connectivity index (χ3v) is 4.60. The normalized spacial score (nSPS) is 19.9. The van der Waals surface area contributed by atoms with E-state index in [0.29, 0.717) is 0 Å². The van der Waals surface area contributed by atoms with E-state index in [9.17, 15) is 0 Å². The molecule has 1 aromatic heterocycles. The third-order valence-electron chi connectivity index (χ3n) is 3.89. The fraction of sp³-hybridized carbons (Fsp3) is 0.846. The number of nitrogens with one attached hydrogen (secondary N) is 1. The van der Waals surface area contributed by atoms with Gasteiger partial charge in [-0.3, -0.25) is 0 Å². The highest BCUT2D eigenvalue weighted by molar-refractivity contribution is 7.09. The summed E-state index contributed by atoms with van der Waals surface area (Å²) >= 11 is 1.52. The number of aryl methyl sites for hydroxylation is 1. The Labute approximate surface area is 107 Å². The van der Waals surface area contributed by atoms with Gasteiger partial charge in [0, 0.05) is 24.5 Å². The lowest BCUT2D eigenvalue weighted by Gasteiger charge is -2.15. The van der Waals surface area contributed by atoms with Crippen LogP contribution in [0, 0.1) is 17.8 Å². The minimum Gasteiger partial charge on any atom is -0.360 e. The van der Waals surface area contributed by atoms with Crippen LogP contribution in [-0.4, -0.2) is 15.9 Å². The van der Waals surface area contributed by atoms with Gasteiger partial charge in [-0.05, 0) is 49.9 Å². The van der Waals surface area contributed by atoms with E-state index in [-0.39, 0.29) is 0 Å². The van der Waals surface area contributed by atoms with Crippen molar-refractivity contribution in [3.05, 3.63) is 5.82 Å². The van der Waals surface area contributed by atoms with E-state index in [4.69, 9.17) is 0 Å². The van der Waals surface area contributed by atoms with Crippen LogP contribution < -0.4 is 5.32 Å². The van der Waals surface area contributed by atoms with Crippen molar-refractivity contribution in [1.29, 1.82) is 0 Å². The summed E-state index contributed by atoms with van der Waals surface area (Å²) in [6, 6.07) is 0. The Kier molecular flexibility index (Phi) is 3.32. The summed E-state index contributed by atoms with van der Waals surface area (Å²) in [6.45, 7) is 3.29. The Morgan fingerprint density at radius 1 is 1.29 bits per heavy atom. The SMILES string of the molecule is CCCc1nsc(NCC(C2CC2)C2CC2)n1. The van der Waals surface area contributed by atoms with Crippen molar-refractivity contribution in [3.63, 3.8) is 0 Å². The van der Waals surface area contributed by atoms with E-state index < -0.39 is 0 Å². The van der Waals surface area contributed by atoms with E-state index in [0.717, 1.165) is 48.1 Å². The first-order chi connectivity index (χ1) is 8.36. The largest absolute Gasteiger partial charge is 0.360 e. The standard InChI is InChI=1S/C13H21N3S/c1-2-3-12-15-13(17-16-12)14-8-11(9-4-5-9)10-6-7-10/h9-11H,2-8H2,1H3,(H,14,15,16). The van der Waals surface area contributed by atoms with Gasteiger partial charge in [-0.1, -0.05) is 6.92 Å². The summed E-state index contributed by atoms with van der Waals surface area (Å²) in [5.74, 6) is 3.94. The lowest BCUT2D eigenvalue weighted by Crippen LogP contribution is -2.18. The van der Waals surface area contributed by atoms with Crippen LogP contribution in [0.5, 0.6) is 0 Å². The first-order valence-corrected chi connectivity index (χ1v) is 7.70. The molecule has 0 aromatic carbocycles. The summed E-state index contributed by atoms with van der Waals surface area (Å²) < 4.78 is 4.37. The first kappa shape index (κ1) is 11.5. The number of hydrogen-bond donors (Lipinski definition) is 1. The quantitative estimate of drug-likeness (QED) is 0.807. The van der Waals surface area contributed by atoms with Gasteiger partial charge in [0.05, 0.1) is 0 Å². The molecule has 0 radical (unpaired) electrons. The van der Waals surface area contributed by atoms with E-state index in [1.54, 1.807) is 0 Å². The lowest BCUT2D eigenvalue weighted by atomic mass is 9.98. The zero-order valence-corrected chi connectivity index (χ0v) is 11.3. The Bertz CT molecular complexity index is 356. The molecule has 2 fully saturated rings. The molecular weight excluding hydrogens is 230 g/mol. The van der Waals surface area contributed by atoms with Crippen molar-refractivity contribution >= 4 is 16.7 Å². The number of aromatic nitrogens is 2. The summed E-state index contributed by atoms with van der Waals surface area (Å²) in [5, 5.41) is 4.54. The molecule has 0 bridgehead atoms. The molecule has 3 rings (SSSR count). The molecule has 0 amide bonds. The van der Waals surface area contributed by atoms with Crippen molar-refractivity contribution in [2.24, 2.45) is 17.8 Å². The Morgan fingerprint density at radius 2 is 2.00 bits per heavy atom. The first-order valence-electron chi connectivity index (χ1n) is 6.93. The van der Waals surface area contributed by atoms with Crippen LogP contribution in [-0.2, 0) is 6.42 Å². The Balaban J connectivity index is 1.51. The maximum absolute atomic E-state index is 4.53. The Morgan fingerprint density at radius 3 is 2.59 bits per heavy atom. The van der Waals surface area contributed by atoms with Gasteiger partial charge in [0.1, 0.15) is 5.82 Å². The average Bonchev–Trinajstić information content (AvgIpc) is 3.21. The minimum atomic E-state index is 0.911. The molecule has 2 aliphatic carbocycles. The predicted octanol–water partition coefficient (Wildman–Crippen LogP) is 3.34. The van der Waals surface area contributed by atoms with Crippen molar-refractivity contribution < 1.29 is 0 Å². The summed E-state index contributed by atoms with van der Waals surface area (Å²) in [7, 11) is 0. The van der Waals surface area contributed by atoms with Crippen LogP contribution in [0.1, 0.15) is 44.9 Å². The maximum Gasteiger partial charge on any atom is 0.202 e. The van der Waals surface area contributed by atoms with Gasteiger partial charge in [0.2, 0.25) is 5.13 Å². The zero-order valence-electron chi connectivity index (χ0n) is 10.5. The molecule has 17 heavy (non-hydrogen) atoms. The molecule has 2 aliphatic rings. The maximum atomic E-state index is 4.53. The number of nitrogens with zero attached hydrogens (tertiary/aromatic N) is 2. The second-order valence-corrected chi connectivity index (χ2v) is 6.24. The minimum absolute atomic E-state index is 0.911. The van der Waals surface area contributed by atoms with Crippen LogP contribution in [0.3, 0.4) is 0 Å². The highest BCUT2D eigenvalue weighted by atomic mass is 32.1. The monoisotopic (exact) mass is 251 g/mol. The molecule has 94 valence electrons. The van der Waals surface area contributed by atoms with Gasteiger partial charge in [-0.2, -0.15) is 4.37 Å². The molecule has 3 nitrogen and oxygen atoms in total. The summed E-state index contributed by atoms with van der Waals surface area (Å²) in [6.07, 6.45) is 7.97. The fourth-order valence-electron chi connectivity index (χ4n) is 2.62. The average molecular weight is 251 g/mol. The van der Waals surface area contributed by atoms with E-state index in [2.05, 4.69) is 21.6 Å². The molecule has 0 aliphatic heterocycles. The van der Waals surface area contributed by atoms with E-state index in [1.807, 2.05) is 0 Å². The summed E-state index contributed by atoms with van der Waals surface area (Å²) in [4.78, 5) is 4.53. The second-order valence-electron chi connectivity index (χ2n) is 5.49. The fourth-order valence-corrected chi connectivity index (χ4v) is 3.24. The number of anilines is 1. The van der Waals surface area contributed by atoms with E-state index in [1.165, 1.54) is 37.2 Å².